The average molecular weight is 372 g/mol. The van der Waals surface area contributed by atoms with Crippen LogP contribution in [0.3, 0.4) is 0 Å². The first kappa shape index (κ1) is 18.8. The van der Waals surface area contributed by atoms with E-state index in [0.29, 0.717) is 11.3 Å². The van der Waals surface area contributed by atoms with E-state index in [4.69, 9.17) is 5.73 Å². The summed E-state index contributed by atoms with van der Waals surface area (Å²) in [6, 6.07) is 4.19. The van der Waals surface area contributed by atoms with E-state index in [2.05, 4.69) is 5.10 Å². The molecule has 0 unspecified atom stereocenters. The molecule has 0 amide bonds. The van der Waals surface area contributed by atoms with Gasteiger partial charge in [0.05, 0.1) is 6.54 Å². The Balaban J connectivity index is 2.56. The molecule has 1 aromatic carbocycles. The fraction of sp³-hybridized carbons (Fsp3) is 0.385. The Labute approximate surface area is 135 Å². The molecule has 0 spiro atoms. The van der Waals surface area contributed by atoms with Gasteiger partial charge in [0.1, 0.15) is 0 Å². The van der Waals surface area contributed by atoms with Crippen molar-refractivity contribution >= 4 is 5.69 Å². The maximum Gasteiger partial charge on any atom is 0.461 e. The van der Waals surface area contributed by atoms with Crippen LogP contribution in [0.1, 0.15) is 23.5 Å². The second-order valence-electron chi connectivity index (χ2n) is 5.17. The van der Waals surface area contributed by atoms with Gasteiger partial charge in [-0.05, 0) is 24.1 Å². The van der Waals surface area contributed by atoms with Gasteiger partial charge in [-0.15, -0.1) is 5.10 Å². The highest BCUT2D eigenvalue weighted by Gasteiger charge is 2.63. The van der Waals surface area contributed by atoms with Crippen molar-refractivity contribution in [2.45, 2.75) is 32.1 Å². The van der Waals surface area contributed by atoms with Crippen LogP contribution >= 0.6 is 0 Å². The van der Waals surface area contributed by atoms with E-state index in [9.17, 15) is 35.5 Å². The van der Waals surface area contributed by atoms with E-state index in [1.54, 1.807) is 6.92 Å². The number of alkyl halides is 7. The Morgan fingerprint density at radius 1 is 1.20 bits per heavy atom. The predicted octanol–water partition coefficient (Wildman–Crippen LogP) is 3.03. The molecule has 2 rings (SSSR count). The molecule has 2 aromatic rings. The van der Waals surface area contributed by atoms with Crippen LogP contribution in [0.15, 0.2) is 23.0 Å². The average Bonchev–Trinajstić information content (AvgIpc) is 2.79. The Hall–Kier alpha value is -2.53. The fourth-order valence-electron chi connectivity index (χ4n) is 2.05. The first-order valence-corrected chi connectivity index (χ1v) is 6.63. The lowest BCUT2D eigenvalue weighted by Gasteiger charge is -2.18. The van der Waals surface area contributed by atoms with Crippen LogP contribution in [0.5, 0.6) is 0 Å². The molecule has 0 saturated heterocycles. The highest BCUT2D eigenvalue weighted by molar-refractivity contribution is 5.47. The number of hydrogen-bond acceptors (Lipinski definition) is 3. The highest BCUT2D eigenvalue weighted by Crippen LogP contribution is 2.43. The molecule has 0 bridgehead atoms. The number of rotatable bonds is 4. The topological polar surface area (TPSA) is 65.8 Å². The number of aromatic nitrogens is 3. The van der Waals surface area contributed by atoms with Crippen LogP contribution in [0.25, 0.3) is 0 Å². The third-order valence-corrected chi connectivity index (χ3v) is 3.37. The number of halogens is 7. The molecule has 1 heterocycles. The van der Waals surface area contributed by atoms with E-state index >= 15 is 0 Å². The smallest absolute Gasteiger partial charge is 0.399 e. The first-order valence-electron chi connectivity index (χ1n) is 6.63. The second kappa shape index (κ2) is 6.08. The van der Waals surface area contributed by atoms with Crippen LogP contribution in [0, 0.1) is 6.92 Å². The number of nitrogen functional groups attached to an aromatic ring is 1. The van der Waals surface area contributed by atoms with Gasteiger partial charge in [0.15, 0.2) is 0 Å². The van der Waals surface area contributed by atoms with E-state index < -0.39 is 41.3 Å². The summed E-state index contributed by atoms with van der Waals surface area (Å²) in [6.45, 7) is -2.92. The molecule has 5 nitrogen and oxygen atoms in total. The lowest BCUT2D eigenvalue weighted by atomic mass is 10.1. The maximum atomic E-state index is 13.4. The maximum absolute atomic E-state index is 13.4. The van der Waals surface area contributed by atoms with E-state index in [0.717, 1.165) is 0 Å². The number of nitrogens with two attached hydrogens (primary N) is 1. The molecule has 12 heteroatoms. The van der Waals surface area contributed by atoms with Gasteiger partial charge in [0.25, 0.3) is 0 Å². The van der Waals surface area contributed by atoms with Gasteiger partial charge in [-0.2, -0.15) is 30.7 Å². The minimum absolute atomic E-state index is 0.117. The molecular formula is C13H11F7N4O. The van der Waals surface area contributed by atoms with Crippen molar-refractivity contribution in [1.29, 1.82) is 0 Å². The van der Waals surface area contributed by atoms with E-state index in [-0.39, 0.29) is 10.2 Å². The molecule has 1 aromatic heterocycles. The van der Waals surface area contributed by atoms with Crippen LogP contribution < -0.4 is 11.4 Å². The van der Waals surface area contributed by atoms with Gasteiger partial charge < -0.3 is 5.73 Å². The van der Waals surface area contributed by atoms with Gasteiger partial charge in [-0.3, -0.25) is 0 Å². The van der Waals surface area contributed by atoms with Crippen molar-refractivity contribution in [3.05, 3.63) is 45.6 Å². The number of benzene rings is 1. The van der Waals surface area contributed by atoms with Crippen LogP contribution in [-0.4, -0.2) is 20.5 Å². The SMILES string of the molecule is Cc1cc(Cn2nc(C(F)(F)C(F)(F)F)n(C(F)F)c2=O)ccc1N. The van der Waals surface area contributed by atoms with Gasteiger partial charge in [-0.25, -0.2) is 14.0 Å². The monoisotopic (exact) mass is 372 g/mol. The Morgan fingerprint density at radius 3 is 2.28 bits per heavy atom. The van der Waals surface area contributed by atoms with E-state index in [1.807, 2.05) is 0 Å². The van der Waals surface area contributed by atoms with Gasteiger partial charge >= 0.3 is 24.3 Å². The van der Waals surface area contributed by atoms with Crippen LogP contribution in [-0.2, 0) is 12.5 Å². The zero-order chi connectivity index (χ0) is 19.2. The van der Waals surface area contributed by atoms with Crippen molar-refractivity contribution in [1.82, 2.24) is 14.3 Å². The summed E-state index contributed by atoms with van der Waals surface area (Å²) in [5.74, 6) is -8.09. The number of anilines is 1. The number of aryl methyl sites for hydroxylation is 1. The van der Waals surface area contributed by atoms with Gasteiger partial charge in [-0.1, -0.05) is 12.1 Å². The van der Waals surface area contributed by atoms with E-state index in [1.165, 1.54) is 18.2 Å². The highest BCUT2D eigenvalue weighted by atomic mass is 19.4. The number of nitrogens with zero attached hydrogens (tertiary/aromatic N) is 3. The molecule has 0 radical (unpaired) electrons. The molecule has 0 aliphatic carbocycles. The largest absolute Gasteiger partial charge is 0.461 e. The predicted molar refractivity (Wildman–Crippen MR) is 72.4 cm³/mol. The Bertz CT molecular complexity index is 838. The summed E-state index contributed by atoms with van der Waals surface area (Å²) in [6.07, 6.45) is -6.19. The zero-order valence-corrected chi connectivity index (χ0v) is 12.5. The molecule has 0 fully saturated rings. The molecule has 0 saturated carbocycles. The summed E-state index contributed by atoms with van der Waals surface area (Å²) in [7, 11) is 0. The van der Waals surface area contributed by atoms with Gasteiger partial charge in [0, 0.05) is 5.69 Å². The Morgan fingerprint density at radius 2 is 1.80 bits per heavy atom. The zero-order valence-electron chi connectivity index (χ0n) is 12.5. The molecule has 138 valence electrons. The standard InChI is InChI=1S/C13H11F7N4O/c1-6-4-7(2-3-8(6)21)5-23-11(25)24(10(14)15)9(22-23)12(16,17)13(18,19)20/h2-4,10H,5,21H2,1H3. The number of hydrogen-bond donors (Lipinski definition) is 1. The molecule has 2 N–H and O–H groups in total. The minimum atomic E-state index is -6.19. The lowest BCUT2D eigenvalue weighted by Crippen LogP contribution is -2.38. The summed E-state index contributed by atoms with van der Waals surface area (Å²) >= 11 is 0. The van der Waals surface area contributed by atoms with Crippen molar-refractivity contribution < 1.29 is 30.7 Å². The molecule has 0 atom stereocenters. The Kier molecular flexibility index (Phi) is 4.57. The first-order chi connectivity index (χ1) is 11.4. The van der Waals surface area contributed by atoms with Crippen molar-refractivity contribution in [2.24, 2.45) is 0 Å². The quantitative estimate of drug-likeness (QED) is 0.663. The van der Waals surface area contributed by atoms with Crippen molar-refractivity contribution in [3.8, 4) is 0 Å². The minimum Gasteiger partial charge on any atom is -0.399 e. The summed E-state index contributed by atoms with van der Waals surface area (Å²) in [5.41, 5.74) is 4.96. The molecule has 0 aliphatic heterocycles. The third-order valence-electron chi connectivity index (χ3n) is 3.37. The lowest BCUT2D eigenvalue weighted by molar-refractivity contribution is -0.294. The van der Waals surface area contributed by atoms with Crippen molar-refractivity contribution in [3.63, 3.8) is 0 Å². The summed E-state index contributed by atoms with van der Waals surface area (Å²) in [4.78, 5) is 11.8. The van der Waals surface area contributed by atoms with Crippen LogP contribution in [0.4, 0.5) is 36.4 Å². The molecular weight excluding hydrogens is 361 g/mol. The second-order valence-corrected chi connectivity index (χ2v) is 5.17. The third kappa shape index (κ3) is 3.33. The normalized spacial score (nSPS) is 12.8. The van der Waals surface area contributed by atoms with Crippen LogP contribution in [0.2, 0.25) is 0 Å². The molecule has 25 heavy (non-hydrogen) atoms. The van der Waals surface area contributed by atoms with Crippen molar-refractivity contribution in [2.75, 3.05) is 5.73 Å². The summed E-state index contributed by atoms with van der Waals surface area (Å²) < 4.78 is 89.1. The summed E-state index contributed by atoms with van der Waals surface area (Å²) in [5, 5.41) is 2.80. The molecule has 0 aliphatic rings. The van der Waals surface area contributed by atoms with Gasteiger partial charge in [0.2, 0.25) is 5.82 Å². The fourth-order valence-corrected chi connectivity index (χ4v) is 2.05.